The van der Waals surface area contributed by atoms with Gasteiger partial charge in [0.2, 0.25) is 0 Å². The van der Waals surface area contributed by atoms with Crippen LogP contribution in [0.2, 0.25) is 0 Å². The number of aromatic nitrogens is 2. The average molecular weight is 471 g/mol. The maximum Gasteiger partial charge on any atom is 0.258 e. The monoisotopic (exact) mass is 470 g/mol. The van der Waals surface area contributed by atoms with E-state index in [-0.39, 0.29) is 17.2 Å². The second-order valence-corrected chi connectivity index (χ2v) is 8.23. The minimum absolute atomic E-state index is 0.134. The van der Waals surface area contributed by atoms with Gasteiger partial charge in [-0.05, 0) is 57.8 Å². The molecule has 34 heavy (non-hydrogen) atoms. The molecule has 0 bridgehead atoms. The molecule has 0 unspecified atom stereocenters. The van der Waals surface area contributed by atoms with Gasteiger partial charge in [0.25, 0.3) is 5.56 Å². The van der Waals surface area contributed by atoms with Crippen molar-refractivity contribution >= 4 is 5.71 Å². The van der Waals surface area contributed by atoms with Crippen molar-refractivity contribution in [1.29, 1.82) is 0 Å². The van der Waals surface area contributed by atoms with Gasteiger partial charge in [0.1, 0.15) is 18.7 Å². The first-order chi connectivity index (χ1) is 16.6. The maximum absolute atomic E-state index is 13.0. The summed E-state index contributed by atoms with van der Waals surface area (Å²) in [6.45, 7) is 13.1. The van der Waals surface area contributed by atoms with E-state index in [9.17, 15) is 9.90 Å². The van der Waals surface area contributed by atoms with Crippen molar-refractivity contribution in [1.82, 2.24) is 14.5 Å². The van der Waals surface area contributed by atoms with Crippen LogP contribution in [0.1, 0.15) is 76.0 Å². The highest BCUT2D eigenvalue weighted by molar-refractivity contribution is 6.04. The van der Waals surface area contributed by atoms with Crippen LogP contribution in [-0.2, 0) is 24.3 Å². The van der Waals surface area contributed by atoms with Crippen LogP contribution < -0.4 is 5.56 Å². The Morgan fingerprint density at radius 3 is 2.44 bits per heavy atom. The molecule has 1 aromatic heterocycles. The van der Waals surface area contributed by atoms with Crippen LogP contribution in [0.4, 0.5) is 0 Å². The van der Waals surface area contributed by atoms with Crippen molar-refractivity contribution in [2.45, 2.75) is 79.8 Å². The van der Waals surface area contributed by atoms with Crippen LogP contribution in [-0.4, -0.2) is 45.5 Å². The van der Waals surface area contributed by atoms with Crippen molar-refractivity contribution in [2.24, 2.45) is 11.1 Å². The third-order valence-corrected chi connectivity index (χ3v) is 6.31. The summed E-state index contributed by atoms with van der Waals surface area (Å²) in [5.74, 6) is 1.37. The molecule has 7 nitrogen and oxygen atoms in total. The SMILES string of the molecule is CC.CC.CO/N=C(/c1ccccc1O)C1CCN(Cc2c(C)nc3n(c2=O)CCCC3)CC1. The van der Waals surface area contributed by atoms with Gasteiger partial charge < -0.3 is 9.94 Å². The van der Waals surface area contributed by atoms with E-state index in [1.807, 2.05) is 51.3 Å². The van der Waals surface area contributed by atoms with Gasteiger partial charge in [-0.2, -0.15) is 0 Å². The Balaban J connectivity index is 0.000000970. The van der Waals surface area contributed by atoms with Crippen molar-refractivity contribution in [3.8, 4) is 5.75 Å². The molecule has 1 N–H and O–H groups in total. The molecule has 2 aromatic rings. The maximum atomic E-state index is 13.0. The van der Waals surface area contributed by atoms with Gasteiger partial charge in [-0.15, -0.1) is 0 Å². The number of rotatable bonds is 5. The van der Waals surface area contributed by atoms with Gasteiger partial charge in [0.15, 0.2) is 0 Å². The molecule has 1 aromatic carbocycles. The first-order valence-electron chi connectivity index (χ1n) is 12.8. The van der Waals surface area contributed by atoms with Gasteiger partial charge in [0, 0.05) is 36.7 Å². The molecule has 0 spiro atoms. The number of piperidine rings is 1. The molecule has 0 aliphatic carbocycles. The summed E-state index contributed by atoms with van der Waals surface area (Å²) in [7, 11) is 1.54. The first kappa shape index (κ1) is 27.6. The van der Waals surface area contributed by atoms with E-state index >= 15 is 0 Å². The van der Waals surface area contributed by atoms with Crippen molar-refractivity contribution in [2.75, 3.05) is 20.2 Å². The van der Waals surface area contributed by atoms with Gasteiger partial charge in [-0.1, -0.05) is 45.0 Å². The molecule has 1 fully saturated rings. The molecule has 0 atom stereocenters. The van der Waals surface area contributed by atoms with Crippen molar-refractivity contribution < 1.29 is 9.94 Å². The summed E-state index contributed by atoms with van der Waals surface area (Å²) in [6, 6.07) is 7.26. The number of benzene rings is 1. The summed E-state index contributed by atoms with van der Waals surface area (Å²) in [5.41, 5.74) is 3.35. The van der Waals surface area contributed by atoms with E-state index in [1.165, 1.54) is 7.11 Å². The standard InChI is InChI=1S/C23H30N4O3.2C2H6/c1-16-19(23(29)27-12-6-5-9-21(27)24-16)15-26-13-10-17(11-14-26)22(25-30-2)18-7-3-4-8-20(18)28;2*1-2/h3-4,7-8,17,28H,5-6,9-15H2,1-2H3;2*1-2H3/b25-22+;;. The lowest BCUT2D eigenvalue weighted by molar-refractivity contribution is 0.188. The van der Waals surface area contributed by atoms with Crippen molar-refractivity contribution in [3.63, 3.8) is 0 Å². The predicted molar refractivity (Wildman–Crippen MR) is 139 cm³/mol. The van der Waals surface area contributed by atoms with Crippen LogP contribution in [0.25, 0.3) is 0 Å². The number of hydrogen-bond donors (Lipinski definition) is 1. The predicted octanol–water partition coefficient (Wildman–Crippen LogP) is 4.91. The first-order valence-corrected chi connectivity index (χ1v) is 12.8. The highest BCUT2D eigenvalue weighted by Crippen LogP contribution is 2.28. The molecule has 0 amide bonds. The molecule has 3 heterocycles. The fraction of sp³-hybridized carbons (Fsp3) is 0.593. The summed E-state index contributed by atoms with van der Waals surface area (Å²) in [4.78, 5) is 25.2. The molecule has 1 saturated heterocycles. The minimum Gasteiger partial charge on any atom is -0.507 e. The average Bonchev–Trinajstić information content (AvgIpc) is 2.88. The number of para-hydroxylation sites is 1. The van der Waals surface area contributed by atoms with Crippen molar-refractivity contribution in [3.05, 3.63) is 57.3 Å². The number of hydrogen-bond acceptors (Lipinski definition) is 6. The molecule has 4 rings (SSSR count). The van der Waals surface area contributed by atoms with E-state index in [0.717, 1.165) is 80.1 Å². The summed E-state index contributed by atoms with van der Waals surface area (Å²) >= 11 is 0. The zero-order valence-electron chi connectivity index (χ0n) is 21.8. The molecule has 2 aliphatic rings. The fourth-order valence-electron chi connectivity index (χ4n) is 4.63. The van der Waals surface area contributed by atoms with Crippen LogP contribution >= 0.6 is 0 Å². The Hall–Kier alpha value is -2.67. The molecule has 188 valence electrons. The van der Waals surface area contributed by atoms with E-state index in [4.69, 9.17) is 9.82 Å². The Labute approximate surface area is 204 Å². The van der Waals surface area contributed by atoms with Crippen LogP contribution in [0.3, 0.4) is 0 Å². The third-order valence-electron chi connectivity index (χ3n) is 6.31. The highest BCUT2D eigenvalue weighted by Gasteiger charge is 2.27. The van der Waals surface area contributed by atoms with Gasteiger partial charge >= 0.3 is 0 Å². The molecule has 7 heteroatoms. The quantitative estimate of drug-likeness (QED) is 0.496. The number of phenolic OH excluding ortho intramolecular Hbond substituents is 1. The minimum atomic E-state index is 0.134. The Morgan fingerprint density at radius 1 is 1.12 bits per heavy atom. The van der Waals surface area contributed by atoms with E-state index < -0.39 is 0 Å². The fourth-order valence-corrected chi connectivity index (χ4v) is 4.63. The zero-order valence-corrected chi connectivity index (χ0v) is 21.8. The Bertz CT molecular complexity index is 992. The third kappa shape index (κ3) is 6.47. The number of nitrogens with zero attached hydrogens (tertiary/aromatic N) is 4. The second-order valence-electron chi connectivity index (χ2n) is 8.23. The van der Waals surface area contributed by atoms with Gasteiger partial charge in [-0.3, -0.25) is 14.3 Å². The Morgan fingerprint density at radius 2 is 1.79 bits per heavy atom. The summed E-state index contributed by atoms with van der Waals surface area (Å²) < 4.78 is 1.88. The van der Waals surface area contributed by atoms with E-state index in [2.05, 4.69) is 10.1 Å². The summed E-state index contributed by atoms with van der Waals surface area (Å²) in [5, 5.41) is 14.5. The Kier molecular flexibility index (Phi) is 11.3. The molecule has 0 saturated carbocycles. The molecular weight excluding hydrogens is 428 g/mol. The van der Waals surface area contributed by atoms with Crippen LogP contribution in [0, 0.1) is 12.8 Å². The largest absolute Gasteiger partial charge is 0.507 e. The molecule has 2 aliphatic heterocycles. The second kappa shape index (κ2) is 13.9. The van der Waals surface area contributed by atoms with Gasteiger partial charge in [-0.25, -0.2) is 4.98 Å². The number of aromatic hydroxyl groups is 1. The number of oxime groups is 1. The van der Waals surface area contributed by atoms with E-state index in [0.29, 0.717) is 6.54 Å². The summed E-state index contributed by atoms with van der Waals surface area (Å²) in [6.07, 6.45) is 4.86. The normalized spacial score (nSPS) is 16.5. The number of likely N-dealkylation sites (tertiary alicyclic amines) is 1. The van der Waals surface area contributed by atoms with Crippen LogP contribution in [0.5, 0.6) is 5.75 Å². The number of aryl methyl sites for hydroxylation is 2. The smallest absolute Gasteiger partial charge is 0.258 e. The lowest BCUT2D eigenvalue weighted by Gasteiger charge is -2.32. The lowest BCUT2D eigenvalue weighted by Crippen LogP contribution is -2.39. The molecular formula is C27H42N4O3. The van der Waals surface area contributed by atoms with E-state index in [1.54, 1.807) is 12.1 Å². The highest BCUT2D eigenvalue weighted by atomic mass is 16.6. The lowest BCUT2D eigenvalue weighted by atomic mass is 9.87. The number of phenols is 1. The molecule has 0 radical (unpaired) electrons. The zero-order chi connectivity index (χ0) is 25.1. The van der Waals surface area contributed by atoms with Gasteiger partial charge in [0.05, 0.1) is 11.3 Å². The topological polar surface area (TPSA) is 80.0 Å². The number of fused-ring (bicyclic) bond motifs is 1. The van der Waals surface area contributed by atoms with Crippen LogP contribution in [0.15, 0.2) is 34.2 Å².